The first-order chi connectivity index (χ1) is 14.3. The maximum atomic E-state index is 12.9. The SMILES string of the molecule is COc1ccccc1NC(=O)[C@@H](C)N1CCN(Cc2cccc(C(F)(F)F)c2)CC1. The summed E-state index contributed by atoms with van der Waals surface area (Å²) < 4.78 is 44.0. The van der Waals surface area contributed by atoms with Crippen LogP contribution < -0.4 is 10.1 Å². The van der Waals surface area contributed by atoms with Crippen molar-refractivity contribution in [2.24, 2.45) is 0 Å². The molecule has 5 nitrogen and oxygen atoms in total. The molecule has 2 aromatic carbocycles. The van der Waals surface area contributed by atoms with Gasteiger partial charge in [-0.3, -0.25) is 14.6 Å². The average molecular weight is 421 g/mol. The van der Waals surface area contributed by atoms with Gasteiger partial charge in [-0.2, -0.15) is 13.2 Å². The third-order valence-electron chi connectivity index (χ3n) is 5.36. The van der Waals surface area contributed by atoms with Gasteiger partial charge in [-0.1, -0.05) is 30.3 Å². The molecule has 1 atom stereocenters. The predicted octanol–water partition coefficient (Wildman–Crippen LogP) is 3.86. The highest BCUT2D eigenvalue weighted by atomic mass is 19.4. The van der Waals surface area contributed by atoms with Gasteiger partial charge in [-0.05, 0) is 30.7 Å². The minimum atomic E-state index is -4.33. The van der Waals surface area contributed by atoms with E-state index < -0.39 is 11.7 Å². The smallest absolute Gasteiger partial charge is 0.416 e. The molecule has 0 saturated carbocycles. The Morgan fingerprint density at radius 3 is 2.47 bits per heavy atom. The van der Waals surface area contributed by atoms with Crippen molar-refractivity contribution in [1.82, 2.24) is 9.80 Å². The van der Waals surface area contributed by atoms with Gasteiger partial charge in [-0.15, -0.1) is 0 Å². The molecule has 8 heteroatoms. The molecule has 1 N–H and O–H groups in total. The molecule has 1 amide bonds. The van der Waals surface area contributed by atoms with Gasteiger partial charge in [0.15, 0.2) is 0 Å². The number of nitrogens with one attached hydrogen (secondary N) is 1. The minimum absolute atomic E-state index is 0.120. The molecule has 0 spiro atoms. The molecule has 1 fully saturated rings. The number of benzene rings is 2. The quantitative estimate of drug-likeness (QED) is 0.770. The summed E-state index contributed by atoms with van der Waals surface area (Å²) in [6, 6.07) is 12.4. The normalized spacial score (nSPS) is 16.8. The number of hydrogen-bond donors (Lipinski definition) is 1. The second kappa shape index (κ2) is 9.49. The Morgan fingerprint density at radius 2 is 1.80 bits per heavy atom. The zero-order valence-electron chi connectivity index (χ0n) is 17.1. The summed E-state index contributed by atoms with van der Waals surface area (Å²) in [6.45, 7) is 5.01. The van der Waals surface area contributed by atoms with Crippen molar-refractivity contribution in [3.05, 3.63) is 59.7 Å². The molecule has 162 valence electrons. The van der Waals surface area contributed by atoms with E-state index in [4.69, 9.17) is 4.74 Å². The topological polar surface area (TPSA) is 44.8 Å². The minimum Gasteiger partial charge on any atom is -0.495 e. The number of carbonyl (C=O) groups excluding carboxylic acids is 1. The van der Waals surface area contributed by atoms with E-state index in [0.29, 0.717) is 49.7 Å². The number of methoxy groups -OCH3 is 1. The van der Waals surface area contributed by atoms with Gasteiger partial charge in [0.05, 0.1) is 24.4 Å². The fourth-order valence-electron chi connectivity index (χ4n) is 3.56. The number of carbonyl (C=O) groups is 1. The van der Waals surface area contributed by atoms with Gasteiger partial charge in [-0.25, -0.2) is 0 Å². The Labute approximate surface area is 174 Å². The zero-order chi connectivity index (χ0) is 21.7. The van der Waals surface area contributed by atoms with Gasteiger partial charge in [0.25, 0.3) is 0 Å². The average Bonchev–Trinajstić information content (AvgIpc) is 2.74. The van der Waals surface area contributed by atoms with Gasteiger partial charge >= 0.3 is 6.18 Å². The van der Waals surface area contributed by atoms with Crippen LogP contribution in [0, 0.1) is 0 Å². The summed E-state index contributed by atoms with van der Waals surface area (Å²) in [5.74, 6) is 0.481. The standard InChI is InChI=1S/C22H26F3N3O2/c1-16(21(29)26-19-8-3-4-9-20(19)30-2)28-12-10-27(11-13-28)15-17-6-5-7-18(14-17)22(23,24)25/h3-9,14,16H,10-13,15H2,1-2H3,(H,26,29)/t16-/m1/s1. The van der Waals surface area contributed by atoms with Crippen LogP contribution in [0.4, 0.5) is 18.9 Å². The van der Waals surface area contributed by atoms with Crippen LogP contribution in [0.5, 0.6) is 5.75 Å². The molecular weight excluding hydrogens is 395 g/mol. The van der Waals surface area contributed by atoms with Crippen LogP contribution in [0.3, 0.4) is 0 Å². The molecule has 3 rings (SSSR count). The van der Waals surface area contributed by atoms with Gasteiger partial charge in [0, 0.05) is 32.7 Å². The predicted molar refractivity (Wildman–Crippen MR) is 109 cm³/mol. The van der Waals surface area contributed by atoms with Gasteiger partial charge in [0.1, 0.15) is 5.75 Å². The van der Waals surface area contributed by atoms with Crippen molar-refractivity contribution >= 4 is 11.6 Å². The molecular formula is C22H26F3N3O2. The molecule has 1 aliphatic heterocycles. The van der Waals surface area contributed by atoms with Crippen molar-refractivity contribution in [3.8, 4) is 5.75 Å². The summed E-state index contributed by atoms with van der Waals surface area (Å²) in [6.07, 6.45) is -4.33. The van der Waals surface area contributed by atoms with E-state index in [1.54, 1.807) is 25.3 Å². The molecule has 1 heterocycles. The summed E-state index contributed by atoms with van der Waals surface area (Å²) in [5, 5.41) is 2.90. The van der Waals surface area contributed by atoms with E-state index in [1.165, 1.54) is 12.1 Å². The number of amides is 1. The molecule has 1 saturated heterocycles. The first-order valence-electron chi connectivity index (χ1n) is 9.84. The van der Waals surface area contributed by atoms with E-state index in [0.717, 1.165) is 6.07 Å². The Balaban J connectivity index is 1.53. The molecule has 30 heavy (non-hydrogen) atoms. The molecule has 0 aromatic heterocycles. The zero-order valence-corrected chi connectivity index (χ0v) is 17.1. The highest BCUT2D eigenvalue weighted by Crippen LogP contribution is 2.30. The number of nitrogens with zero attached hydrogens (tertiary/aromatic N) is 2. The van der Waals surface area contributed by atoms with E-state index in [2.05, 4.69) is 15.1 Å². The summed E-state index contributed by atoms with van der Waals surface area (Å²) in [7, 11) is 1.55. The maximum Gasteiger partial charge on any atom is 0.416 e. The third-order valence-corrected chi connectivity index (χ3v) is 5.36. The first kappa shape index (κ1) is 22.1. The number of ether oxygens (including phenoxy) is 1. The van der Waals surface area contributed by atoms with Gasteiger partial charge in [0.2, 0.25) is 5.91 Å². The van der Waals surface area contributed by atoms with Crippen molar-refractivity contribution in [2.45, 2.75) is 25.7 Å². The number of halogens is 3. The van der Waals surface area contributed by atoms with Crippen LogP contribution in [0.2, 0.25) is 0 Å². The highest BCUT2D eigenvalue weighted by Gasteiger charge is 2.31. The van der Waals surface area contributed by atoms with E-state index in [9.17, 15) is 18.0 Å². The lowest BCUT2D eigenvalue weighted by Gasteiger charge is -2.37. The lowest BCUT2D eigenvalue weighted by molar-refractivity contribution is -0.137. The summed E-state index contributed by atoms with van der Waals surface area (Å²) >= 11 is 0. The summed E-state index contributed by atoms with van der Waals surface area (Å²) in [4.78, 5) is 16.8. The molecule has 0 radical (unpaired) electrons. The number of anilines is 1. The molecule has 0 unspecified atom stereocenters. The van der Waals surface area contributed by atoms with Crippen molar-refractivity contribution in [3.63, 3.8) is 0 Å². The largest absolute Gasteiger partial charge is 0.495 e. The summed E-state index contributed by atoms with van der Waals surface area (Å²) in [5.41, 5.74) is 0.639. The number of alkyl halides is 3. The van der Waals surface area contributed by atoms with Gasteiger partial charge < -0.3 is 10.1 Å². The number of rotatable bonds is 6. The Morgan fingerprint density at radius 1 is 1.10 bits per heavy atom. The second-order valence-corrected chi connectivity index (χ2v) is 7.38. The van der Waals surface area contributed by atoms with Crippen LogP contribution in [-0.2, 0) is 17.5 Å². The number of para-hydroxylation sites is 2. The fraction of sp³-hybridized carbons (Fsp3) is 0.409. The molecule has 1 aliphatic rings. The Kier molecular flexibility index (Phi) is 6.99. The van der Waals surface area contributed by atoms with Crippen LogP contribution in [0.1, 0.15) is 18.1 Å². The number of piperazine rings is 1. The lowest BCUT2D eigenvalue weighted by atomic mass is 10.1. The maximum absolute atomic E-state index is 12.9. The lowest BCUT2D eigenvalue weighted by Crippen LogP contribution is -2.52. The Bertz CT molecular complexity index is 865. The van der Waals surface area contributed by atoms with E-state index in [1.807, 2.05) is 19.1 Å². The van der Waals surface area contributed by atoms with Crippen LogP contribution in [0.15, 0.2) is 48.5 Å². The first-order valence-corrected chi connectivity index (χ1v) is 9.84. The van der Waals surface area contributed by atoms with Crippen molar-refractivity contribution in [2.75, 3.05) is 38.6 Å². The third kappa shape index (κ3) is 5.52. The second-order valence-electron chi connectivity index (χ2n) is 7.38. The van der Waals surface area contributed by atoms with Crippen LogP contribution >= 0.6 is 0 Å². The molecule has 0 aliphatic carbocycles. The van der Waals surface area contributed by atoms with E-state index in [-0.39, 0.29) is 11.9 Å². The molecule has 2 aromatic rings. The van der Waals surface area contributed by atoms with Crippen molar-refractivity contribution in [1.29, 1.82) is 0 Å². The highest BCUT2D eigenvalue weighted by molar-refractivity contribution is 5.95. The fourth-order valence-corrected chi connectivity index (χ4v) is 3.56. The monoisotopic (exact) mass is 421 g/mol. The Hall–Kier alpha value is -2.58. The number of hydrogen-bond acceptors (Lipinski definition) is 4. The van der Waals surface area contributed by atoms with Crippen LogP contribution in [-0.4, -0.2) is 55.0 Å². The van der Waals surface area contributed by atoms with Crippen molar-refractivity contribution < 1.29 is 22.7 Å². The van der Waals surface area contributed by atoms with E-state index >= 15 is 0 Å². The van der Waals surface area contributed by atoms with Crippen LogP contribution in [0.25, 0.3) is 0 Å². The molecule has 0 bridgehead atoms.